The molecule has 2 aliphatic heterocycles. The summed E-state index contributed by atoms with van der Waals surface area (Å²) < 4.78 is 0. The van der Waals surface area contributed by atoms with Gasteiger partial charge >= 0.3 is 0 Å². The van der Waals surface area contributed by atoms with Crippen LogP contribution in [0.25, 0.3) is 0 Å². The molecule has 13 heteroatoms. The van der Waals surface area contributed by atoms with Crippen LogP contribution in [0.1, 0.15) is 106 Å². The highest BCUT2D eigenvalue weighted by Crippen LogP contribution is 2.32. The highest BCUT2D eigenvalue weighted by molar-refractivity contribution is 5.95. The van der Waals surface area contributed by atoms with Crippen molar-refractivity contribution >= 4 is 35.2 Å². The predicted molar refractivity (Wildman–Crippen MR) is 267 cm³/mol. The third-order valence-electron chi connectivity index (χ3n) is 14.5. The molecule has 13 nitrogen and oxygen atoms in total. The standard InChI is InChI=1S/C56H64N8O5/c1-35(57-2)52(65)63-50(56(69)64-34-42-14-4-3-13-41(42)30-51(64)55(68)62-48-20-10-16-39-12-6-8-18-46(39)48)29-36-23-27-43(28-24-36)58-32-37-21-25-40(26-22-37)53(66)60-44-31-49(59-33-44)54(67)61-47-19-9-15-38-11-5-7-17-45(38)47/h3-8,11-14,17-18,21-28,35,44,47-51,57-59H,9-10,15-16,19-20,29-34H2,1-2H3,(H,60,66)(H,61,67)(H,62,68)(H,63,65)/t35-,44?,47?,48?,49?,50?,51?/m0/s1. The lowest BCUT2D eigenvalue weighted by Gasteiger charge is -2.39. The number of hydrogen-bond donors (Lipinski definition) is 7. The maximum atomic E-state index is 14.8. The van der Waals surface area contributed by atoms with E-state index in [1.165, 1.54) is 16.7 Å². The molecule has 9 rings (SSSR count). The Bertz CT molecular complexity index is 2650. The second kappa shape index (κ2) is 21.6. The van der Waals surface area contributed by atoms with E-state index >= 15 is 0 Å². The van der Waals surface area contributed by atoms with Gasteiger partial charge in [0, 0.05) is 49.8 Å². The van der Waals surface area contributed by atoms with Gasteiger partial charge in [0.15, 0.2) is 0 Å². The van der Waals surface area contributed by atoms with Crippen LogP contribution in [0.5, 0.6) is 0 Å². The van der Waals surface area contributed by atoms with Gasteiger partial charge < -0.3 is 42.1 Å². The molecule has 0 saturated carbocycles. The quantitative estimate of drug-likeness (QED) is 0.0698. The minimum absolute atomic E-state index is 0.0139. The molecule has 6 unspecified atom stereocenters. The van der Waals surface area contributed by atoms with Gasteiger partial charge in [-0.25, -0.2) is 0 Å². The van der Waals surface area contributed by atoms with Crippen LogP contribution in [-0.4, -0.2) is 78.2 Å². The molecule has 5 aromatic carbocycles. The molecular formula is C56H64N8O5. The first kappa shape index (κ1) is 47.2. The van der Waals surface area contributed by atoms with E-state index < -0.39 is 18.1 Å². The average molecular weight is 929 g/mol. The highest BCUT2D eigenvalue weighted by atomic mass is 16.2. The minimum Gasteiger partial charge on any atom is -0.381 e. The van der Waals surface area contributed by atoms with E-state index in [4.69, 9.17) is 0 Å². The summed E-state index contributed by atoms with van der Waals surface area (Å²) >= 11 is 0. The fraction of sp³-hybridized carbons (Fsp3) is 0.375. The van der Waals surface area contributed by atoms with E-state index in [0.717, 1.165) is 72.0 Å². The number of aryl methyl sites for hydroxylation is 2. The molecule has 0 bridgehead atoms. The van der Waals surface area contributed by atoms with Crippen LogP contribution in [0.3, 0.4) is 0 Å². The molecule has 5 amide bonds. The number of amides is 5. The maximum Gasteiger partial charge on any atom is 0.251 e. The number of likely N-dealkylation sites (N-methyl/N-ethyl adjacent to an activating group) is 1. The van der Waals surface area contributed by atoms with Crippen LogP contribution in [0.2, 0.25) is 0 Å². The van der Waals surface area contributed by atoms with Gasteiger partial charge in [-0.15, -0.1) is 0 Å². The van der Waals surface area contributed by atoms with Crippen molar-refractivity contribution in [2.45, 2.75) is 120 Å². The van der Waals surface area contributed by atoms with Crippen LogP contribution in [0, 0.1) is 0 Å². The zero-order chi connectivity index (χ0) is 47.9. The average Bonchev–Trinajstić information content (AvgIpc) is 3.86. The number of hydrogen-bond acceptors (Lipinski definition) is 8. The molecule has 2 aliphatic carbocycles. The third-order valence-corrected chi connectivity index (χ3v) is 14.5. The maximum absolute atomic E-state index is 14.8. The number of carbonyl (C=O) groups is 5. The van der Waals surface area contributed by atoms with E-state index in [0.29, 0.717) is 31.5 Å². The summed E-state index contributed by atoms with van der Waals surface area (Å²) in [7, 11) is 1.70. The summed E-state index contributed by atoms with van der Waals surface area (Å²) in [6, 6.07) is 36.9. The van der Waals surface area contributed by atoms with Crippen molar-refractivity contribution in [3.63, 3.8) is 0 Å². The molecule has 5 aromatic rings. The van der Waals surface area contributed by atoms with E-state index in [-0.39, 0.29) is 66.7 Å². The topological polar surface area (TPSA) is 173 Å². The molecular weight excluding hydrogens is 865 g/mol. The number of nitrogens with zero attached hydrogens (tertiary/aromatic N) is 1. The molecule has 0 radical (unpaired) electrons. The summed E-state index contributed by atoms with van der Waals surface area (Å²) in [5, 5.41) is 22.4. The first-order valence-corrected chi connectivity index (χ1v) is 24.7. The fourth-order valence-electron chi connectivity index (χ4n) is 10.5. The van der Waals surface area contributed by atoms with Gasteiger partial charge in [0.1, 0.15) is 12.1 Å². The van der Waals surface area contributed by atoms with Crippen molar-refractivity contribution in [1.29, 1.82) is 0 Å². The fourth-order valence-corrected chi connectivity index (χ4v) is 10.5. The Morgan fingerprint density at radius 1 is 0.681 bits per heavy atom. The van der Waals surface area contributed by atoms with Crippen LogP contribution >= 0.6 is 0 Å². The number of carbonyl (C=O) groups excluding carboxylic acids is 5. The number of rotatable bonds is 15. The van der Waals surface area contributed by atoms with E-state index in [1.54, 1.807) is 18.9 Å². The number of nitrogens with one attached hydrogen (secondary N) is 7. The van der Waals surface area contributed by atoms with Crippen LogP contribution in [0.4, 0.5) is 5.69 Å². The summed E-state index contributed by atoms with van der Waals surface area (Å²) in [6.45, 7) is 3.04. The first-order valence-electron chi connectivity index (χ1n) is 24.7. The van der Waals surface area contributed by atoms with Gasteiger partial charge in [0.05, 0.1) is 24.2 Å². The Hall–Kier alpha value is -6.83. The van der Waals surface area contributed by atoms with Gasteiger partial charge in [-0.2, -0.15) is 0 Å². The van der Waals surface area contributed by atoms with Gasteiger partial charge in [0.25, 0.3) is 5.91 Å². The number of benzene rings is 5. The van der Waals surface area contributed by atoms with Crippen LogP contribution in [0.15, 0.2) is 121 Å². The smallest absolute Gasteiger partial charge is 0.251 e. The van der Waals surface area contributed by atoms with Crippen molar-refractivity contribution in [3.8, 4) is 0 Å². The second-order valence-electron chi connectivity index (χ2n) is 19.1. The summed E-state index contributed by atoms with van der Waals surface area (Å²) in [5.41, 5.74) is 10.1. The monoisotopic (exact) mass is 928 g/mol. The molecule has 0 spiro atoms. The van der Waals surface area contributed by atoms with Crippen molar-refractivity contribution < 1.29 is 24.0 Å². The SMILES string of the molecule is CN[C@@H](C)C(=O)NC(Cc1ccc(NCc2ccc(C(=O)NC3CNC(C(=O)NC4CCCc5ccccc54)C3)cc2)cc1)C(=O)N1Cc2ccccc2CC1C(=O)NC1CCCc2ccccc21. The minimum atomic E-state index is -0.922. The lowest BCUT2D eigenvalue weighted by atomic mass is 9.87. The van der Waals surface area contributed by atoms with E-state index in [9.17, 15) is 24.0 Å². The second-order valence-corrected chi connectivity index (χ2v) is 19.1. The zero-order valence-electron chi connectivity index (χ0n) is 39.6. The van der Waals surface area contributed by atoms with Crippen molar-refractivity contribution in [3.05, 3.63) is 171 Å². The molecule has 4 aliphatic rings. The van der Waals surface area contributed by atoms with Gasteiger partial charge in [-0.3, -0.25) is 24.0 Å². The largest absolute Gasteiger partial charge is 0.381 e. The van der Waals surface area contributed by atoms with Crippen LogP contribution < -0.4 is 37.2 Å². The first-order chi connectivity index (χ1) is 33.6. The molecule has 358 valence electrons. The Kier molecular flexibility index (Phi) is 14.8. The molecule has 69 heavy (non-hydrogen) atoms. The van der Waals surface area contributed by atoms with Gasteiger partial charge in [-0.1, -0.05) is 97.1 Å². The summed E-state index contributed by atoms with van der Waals surface area (Å²) in [4.78, 5) is 70.7. The van der Waals surface area contributed by atoms with Crippen molar-refractivity contribution in [1.82, 2.24) is 36.8 Å². The molecule has 1 saturated heterocycles. The van der Waals surface area contributed by atoms with Crippen LogP contribution in [-0.2, 0) is 58.0 Å². The number of fused-ring (bicyclic) bond motifs is 3. The normalized spacial score (nSPS) is 21.3. The molecule has 0 aromatic heterocycles. The Morgan fingerprint density at radius 2 is 1.28 bits per heavy atom. The van der Waals surface area contributed by atoms with Crippen molar-refractivity contribution in [2.75, 3.05) is 18.9 Å². The van der Waals surface area contributed by atoms with Gasteiger partial charge in [0.2, 0.25) is 23.6 Å². The van der Waals surface area contributed by atoms with E-state index in [1.807, 2.05) is 97.1 Å². The van der Waals surface area contributed by atoms with Crippen molar-refractivity contribution in [2.24, 2.45) is 0 Å². The molecule has 2 heterocycles. The highest BCUT2D eigenvalue weighted by Gasteiger charge is 2.39. The number of anilines is 1. The molecule has 7 N–H and O–H groups in total. The Labute approximate surface area is 405 Å². The zero-order valence-corrected chi connectivity index (χ0v) is 39.6. The lowest BCUT2D eigenvalue weighted by Crippen LogP contribution is -2.59. The van der Waals surface area contributed by atoms with Gasteiger partial charge in [-0.05, 0) is 128 Å². The summed E-state index contributed by atoms with van der Waals surface area (Å²) in [5.74, 6) is -1.01. The lowest BCUT2D eigenvalue weighted by molar-refractivity contribution is -0.145. The molecule has 1 fully saturated rings. The third kappa shape index (κ3) is 11.2. The molecule has 7 atom stereocenters. The Morgan fingerprint density at radius 3 is 1.93 bits per heavy atom. The van der Waals surface area contributed by atoms with E-state index in [2.05, 4.69) is 61.5 Å². The Balaban J connectivity index is 0.801. The summed E-state index contributed by atoms with van der Waals surface area (Å²) in [6.07, 6.45) is 6.92. The predicted octanol–water partition coefficient (Wildman–Crippen LogP) is 5.74.